The summed E-state index contributed by atoms with van der Waals surface area (Å²) in [5.41, 5.74) is 7.82. The molecule has 0 bridgehead atoms. The SMILES string of the molecule is CN(CCN1CCCC1)c1cccc(N)c1. The Morgan fingerprint density at radius 1 is 1.31 bits per heavy atom. The highest BCUT2D eigenvalue weighted by atomic mass is 15.2. The van der Waals surface area contributed by atoms with Crippen LogP contribution >= 0.6 is 0 Å². The molecule has 0 spiro atoms. The lowest BCUT2D eigenvalue weighted by Gasteiger charge is -2.23. The topological polar surface area (TPSA) is 32.5 Å². The van der Waals surface area contributed by atoms with E-state index in [9.17, 15) is 0 Å². The Hall–Kier alpha value is -1.22. The molecule has 1 aromatic carbocycles. The molecule has 1 aliphatic rings. The molecular weight excluding hydrogens is 198 g/mol. The number of hydrogen-bond acceptors (Lipinski definition) is 3. The van der Waals surface area contributed by atoms with Gasteiger partial charge in [-0.1, -0.05) is 6.07 Å². The standard InChI is InChI=1S/C13H21N3/c1-15(9-10-16-7-2-3-8-16)13-6-4-5-12(14)11-13/h4-6,11H,2-3,7-10,14H2,1H3. The van der Waals surface area contributed by atoms with E-state index < -0.39 is 0 Å². The van der Waals surface area contributed by atoms with Gasteiger partial charge < -0.3 is 15.5 Å². The molecule has 0 radical (unpaired) electrons. The first kappa shape index (κ1) is 11.3. The molecule has 1 aliphatic heterocycles. The minimum Gasteiger partial charge on any atom is -0.399 e. The molecule has 2 rings (SSSR count). The fourth-order valence-electron chi connectivity index (χ4n) is 2.19. The summed E-state index contributed by atoms with van der Waals surface area (Å²) >= 11 is 0. The van der Waals surface area contributed by atoms with Gasteiger partial charge in [-0.2, -0.15) is 0 Å². The molecule has 0 aromatic heterocycles. The van der Waals surface area contributed by atoms with Crippen molar-refractivity contribution >= 4 is 11.4 Å². The largest absolute Gasteiger partial charge is 0.399 e. The van der Waals surface area contributed by atoms with Crippen molar-refractivity contribution < 1.29 is 0 Å². The number of nitrogen functional groups attached to an aromatic ring is 1. The summed E-state index contributed by atoms with van der Waals surface area (Å²) in [5.74, 6) is 0. The van der Waals surface area contributed by atoms with Crippen molar-refractivity contribution in [2.75, 3.05) is 43.9 Å². The second-order valence-corrected chi connectivity index (χ2v) is 4.57. The normalized spacial score (nSPS) is 16.6. The number of benzene rings is 1. The smallest absolute Gasteiger partial charge is 0.0384 e. The highest BCUT2D eigenvalue weighted by Crippen LogP contribution is 2.16. The molecule has 0 unspecified atom stereocenters. The molecule has 0 amide bonds. The van der Waals surface area contributed by atoms with E-state index in [0.29, 0.717) is 0 Å². The zero-order valence-corrected chi connectivity index (χ0v) is 10.0. The summed E-state index contributed by atoms with van der Waals surface area (Å²) in [7, 11) is 2.13. The number of rotatable bonds is 4. The molecule has 1 heterocycles. The predicted molar refractivity (Wildman–Crippen MR) is 69.8 cm³/mol. The van der Waals surface area contributed by atoms with Gasteiger partial charge in [0.05, 0.1) is 0 Å². The molecule has 1 fully saturated rings. The Kier molecular flexibility index (Phi) is 3.67. The molecule has 16 heavy (non-hydrogen) atoms. The van der Waals surface area contributed by atoms with Gasteiger partial charge >= 0.3 is 0 Å². The first-order chi connectivity index (χ1) is 7.75. The summed E-state index contributed by atoms with van der Waals surface area (Å²) in [6, 6.07) is 8.08. The number of hydrogen-bond donors (Lipinski definition) is 1. The van der Waals surface area contributed by atoms with E-state index in [1.807, 2.05) is 18.2 Å². The van der Waals surface area contributed by atoms with Gasteiger partial charge in [0, 0.05) is 31.5 Å². The van der Waals surface area contributed by atoms with Crippen molar-refractivity contribution in [2.45, 2.75) is 12.8 Å². The van der Waals surface area contributed by atoms with E-state index >= 15 is 0 Å². The third kappa shape index (κ3) is 2.89. The van der Waals surface area contributed by atoms with Crippen LogP contribution in [0.4, 0.5) is 11.4 Å². The molecule has 1 aromatic rings. The fraction of sp³-hybridized carbons (Fsp3) is 0.538. The van der Waals surface area contributed by atoms with Crippen molar-refractivity contribution in [2.24, 2.45) is 0 Å². The molecule has 0 saturated carbocycles. The highest BCUT2D eigenvalue weighted by Gasteiger charge is 2.11. The Labute approximate surface area is 97.8 Å². The summed E-state index contributed by atoms with van der Waals surface area (Å²) in [5, 5.41) is 0. The van der Waals surface area contributed by atoms with E-state index in [4.69, 9.17) is 5.73 Å². The molecule has 88 valence electrons. The number of anilines is 2. The van der Waals surface area contributed by atoms with Crippen molar-refractivity contribution in [3.8, 4) is 0 Å². The molecule has 3 heteroatoms. The Bertz CT molecular complexity index is 332. The molecule has 2 N–H and O–H groups in total. The van der Waals surface area contributed by atoms with Crippen LogP contribution < -0.4 is 10.6 Å². The van der Waals surface area contributed by atoms with E-state index in [1.165, 1.54) is 31.6 Å². The first-order valence-electron chi connectivity index (χ1n) is 6.05. The van der Waals surface area contributed by atoms with Gasteiger partial charge in [0.1, 0.15) is 0 Å². The first-order valence-corrected chi connectivity index (χ1v) is 6.05. The van der Waals surface area contributed by atoms with Crippen LogP contribution in [0, 0.1) is 0 Å². The van der Waals surface area contributed by atoms with Gasteiger partial charge in [0.15, 0.2) is 0 Å². The lowest BCUT2D eigenvalue weighted by molar-refractivity contribution is 0.346. The van der Waals surface area contributed by atoms with Gasteiger partial charge in [-0.3, -0.25) is 0 Å². The predicted octanol–water partition coefficient (Wildman–Crippen LogP) is 1.80. The van der Waals surface area contributed by atoms with Crippen molar-refractivity contribution in [1.82, 2.24) is 4.90 Å². The number of nitrogens with zero attached hydrogens (tertiary/aromatic N) is 2. The van der Waals surface area contributed by atoms with Crippen LogP contribution in [0.1, 0.15) is 12.8 Å². The van der Waals surface area contributed by atoms with E-state index in [0.717, 1.165) is 18.8 Å². The van der Waals surface area contributed by atoms with E-state index in [-0.39, 0.29) is 0 Å². The van der Waals surface area contributed by atoms with E-state index in [2.05, 4.69) is 22.9 Å². The molecule has 0 atom stereocenters. The number of likely N-dealkylation sites (tertiary alicyclic amines) is 1. The van der Waals surface area contributed by atoms with Crippen LogP contribution in [0.25, 0.3) is 0 Å². The zero-order valence-electron chi connectivity index (χ0n) is 10.0. The van der Waals surface area contributed by atoms with E-state index in [1.54, 1.807) is 0 Å². The van der Waals surface area contributed by atoms with Crippen molar-refractivity contribution in [3.05, 3.63) is 24.3 Å². The summed E-state index contributed by atoms with van der Waals surface area (Å²) in [6.45, 7) is 4.77. The summed E-state index contributed by atoms with van der Waals surface area (Å²) < 4.78 is 0. The minimum absolute atomic E-state index is 0.838. The highest BCUT2D eigenvalue weighted by molar-refractivity contribution is 5.55. The quantitative estimate of drug-likeness (QED) is 0.784. The van der Waals surface area contributed by atoms with Gasteiger partial charge in [0.2, 0.25) is 0 Å². The summed E-state index contributed by atoms with van der Waals surface area (Å²) in [6.07, 6.45) is 2.73. The zero-order chi connectivity index (χ0) is 11.4. The molecule has 0 aliphatic carbocycles. The van der Waals surface area contributed by atoms with Crippen LogP contribution in [-0.4, -0.2) is 38.1 Å². The number of likely N-dealkylation sites (N-methyl/N-ethyl adjacent to an activating group) is 1. The second kappa shape index (κ2) is 5.21. The average Bonchev–Trinajstić information content (AvgIpc) is 2.78. The van der Waals surface area contributed by atoms with Crippen molar-refractivity contribution in [3.63, 3.8) is 0 Å². The maximum absolute atomic E-state index is 5.78. The average molecular weight is 219 g/mol. The minimum atomic E-state index is 0.838. The molecule has 3 nitrogen and oxygen atoms in total. The Morgan fingerprint density at radius 2 is 2.06 bits per heavy atom. The van der Waals surface area contributed by atoms with Crippen LogP contribution in [0.5, 0.6) is 0 Å². The summed E-state index contributed by atoms with van der Waals surface area (Å²) in [4.78, 5) is 4.80. The van der Waals surface area contributed by atoms with Crippen molar-refractivity contribution in [1.29, 1.82) is 0 Å². The Balaban J connectivity index is 1.85. The molecular formula is C13H21N3. The molecule has 1 saturated heterocycles. The van der Waals surface area contributed by atoms with Gasteiger partial charge in [0.25, 0.3) is 0 Å². The number of nitrogens with two attached hydrogens (primary N) is 1. The third-order valence-corrected chi connectivity index (χ3v) is 3.26. The lowest BCUT2D eigenvalue weighted by atomic mass is 10.2. The Morgan fingerprint density at radius 3 is 2.75 bits per heavy atom. The van der Waals surface area contributed by atoms with Crippen LogP contribution in [-0.2, 0) is 0 Å². The van der Waals surface area contributed by atoms with Gasteiger partial charge in [-0.15, -0.1) is 0 Å². The van der Waals surface area contributed by atoms with Crippen LogP contribution in [0.15, 0.2) is 24.3 Å². The van der Waals surface area contributed by atoms with Gasteiger partial charge in [-0.25, -0.2) is 0 Å². The third-order valence-electron chi connectivity index (χ3n) is 3.26. The fourth-order valence-corrected chi connectivity index (χ4v) is 2.19. The second-order valence-electron chi connectivity index (χ2n) is 4.57. The van der Waals surface area contributed by atoms with Crippen LogP contribution in [0.2, 0.25) is 0 Å². The monoisotopic (exact) mass is 219 g/mol. The maximum Gasteiger partial charge on any atom is 0.0384 e. The maximum atomic E-state index is 5.78. The van der Waals surface area contributed by atoms with Crippen LogP contribution in [0.3, 0.4) is 0 Å². The van der Waals surface area contributed by atoms with Gasteiger partial charge in [-0.05, 0) is 44.1 Å². The lowest BCUT2D eigenvalue weighted by Crippen LogP contribution is -2.31.